The van der Waals surface area contributed by atoms with E-state index in [1.807, 2.05) is 0 Å². The summed E-state index contributed by atoms with van der Waals surface area (Å²) >= 11 is 0. The van der Waals surface area contributed by atoms with Crippen molar-refractivity contribution in [1.82, 2.24) is 4.98 Å². The summed E-state index contributed by atoms with van der Waals surface area (Å²) in [6.07, 6.45) is 2.05. The van der Waals surface area contributed by atoms with E-state index in [0.717, 1.165) is 24.2 Å². The fourth-order valence-electron chi connectivity index (χ4n) is 3.38. The summed E-state index contributed by atoms with van der Waals surface area (Å²) in [7, 11) is 0. The Bertz CT molecular complexity index is 789. The average Bonchev–Trinajstić information content (AvgIpc) is 2.62. The Balaban J connectivity index is 2.37. The molecule has 0 amide bonds. The van der Waals surface area contributed by atoms with Crippen molar-refractivity contribution in [3.8, 4) is 22.4 Å². The first-order valence-electron chi connectivity index (χ1n) is 8.39. The van der Waals surface area contributed by atoms with E-state index in [1.165, 1.54) is 27.8 Å². The fourth-order valence-corrected chi connectivity index (χ4v) is 3.38. The highest BCUT2D eigenvalue weighted by Crippen LogP contribution is 2.36. The summed E-state index contributed by atoms with van der Waals surface area (Å²) in [5.41, 5.74) is 8.82. The molecule has 0 fully saturated rings. The number of aryl methyl sites for hydroxylation is 1. The molecular weight excluding hydrogens is 278 g/mol. The summed E-state index contributed by atoms with van der Waals surface area (Å²) in [6, 6.07) is 21.2. The van der Waals surface area contributed by atoms with Crippen LogP contribution >= 0.6 is 0 Å². The smallest absolute Gasteiger partial charge is 0.0786 e. The second-order valence-electron chi connectivity index (χ2n) is 5.82. The molecule has 1 heteroatoms. The molecule has 1 nitrogen and oxygen atoms in total. The largest absolute Gasteiger partial charge is 0.252 e. The zero-order valence-electron chi connectivity index (χ0n) is 14.1. The van der Waals surface area contributed by atoms with Gasteiger partial charge in [-0.25, -0.2) is 0 Å². The van der Waals surface area contributed by atoms with Gasteiger partial charge in [-0.3, -0.25) is 4.98 Å². The van der Waals surface area contributed by atoms with E-state index in [9.17, 15) is 0 Å². The molecule has 0 spiro atoms. The maximum absolute atomic E-state index is 5.00. The van der Waals surface area contributed by atoms with Crippen molar-refractivity contribution < 1.29 is 0 Å². The predicted octanol–water partition coefficient (Wildman–Crippen LogP) is 5.85. The van der Waals surface area contributed by atoms with Crippen LogP contribution in [0, 0.1) is 6.92 Å². The summed E-state index contributed by atoms with van der Waals surface area (Å²) in [4.78, 5) is 5.00. The minimum atomic E-state index is 1.02. The average molecular weight is 301 g/mol. The molecule has 0 unspecified atom stereocenters. The van der Waals surface area contributed by atoms with Crippen molar-refractivity contribution in [2.45, 2.75) is 33.6 Å². The van der Waals surface area contributed by atoms with Crippen LogP contribution in [0.2, 0.25) is 0 Å². The van der Waals surface area contributed by atoms with Gasteiger partial charge in [0.25, 0.3) is 0 Å². The molecule has 0 saturated heterocycles. The molecule has 1 aromatic heterocycles. The van der Waals surface area contributed by atoms with Crippen LogP contribution in [-0.4, -0.2) is 4.98 Å². The van der Waals surface area contributed by atoms with E-state index in [2.05, 4.69) is 81.4 Å². The Morgan fingerprint density at radius 3 is 1.74 bits per heavy atom. The van der Waals surface area contributed by atoms with Gasteiger partial charge in [-0.2, -0.15) is 0 Å². The van der Waals surface area contributed by atoms with Crippen LogP contribution in [0.15, 0.2) is 60.7 Å². The van der Waals surface area contributed by atoms with E-state index in [0.29, 0.717) is 0 Å². The summed E-state index contributed by atoms with van der Waals surface area (Å²) in [5, 5.41) is 0. The lowest BCUT2D eigenvalue weighted by atomic mass is 9.88. The molecule has 0 aliphatic heterocycles. The van der Waals surface area contributed by atoms with Crippen molar-refractivity contribution in [3.05, 3.63) is 77.5 Å². The van der Waals surface area contributed by atoms with Crippen LogP contribution in [0.1, 0.15) is 30.7 Å². The first-order valence-corrected chi connectivity index (χ1v) is 8.39. The van der Waals surface area contributed by atoms with Gasteiger partial charge in [0.2, 0.25) is 0 Å². The molecule has 0 atom stereocenters. The molecule has 0 aliphatic carbocycles. The number of hydrogen-bond acceptors (Lipinski definition) is 1. The molecule has 23 heavy (non-hydrogen) atoms. The molecule has 0 radical (unpaired) electrons. The third-order valence-corrected chi connectivity index (χ3v) is 4.44. The van der Waals surface area contributed by atoms with Gasteiger partial charge in [-0.05, 0) is 36.5 Å². The van der Waals surface area contributed by atoms with E-state index in [1.54, 1.807) is 0 Å². The zero-order chi connectivity index (χ0) is 16.2. The van der Waals surface area contributed by atoms with Gasteiger partial charge in [0.05, 0.1) is 5.69 Å². The van der Waals surface area contributed by atoms with Gasteiger partial charge < -0.3 is 0 Å². The van der Waals surface area contributed by atoms with Gasteiger partial charge in [0.15, 0.2) is 0 Å². The normalized spacial score (nSPS) is 10.7. The van der Waals surface area contributed by atoms with Crippen molar-refractivity contribution in [2.75, 3.05) is 0 Å². The third kappa shape index (κ3) is 2.92. The maximum Gasteiger partial charge on any atom is 0.0786 e. The van der Waals surface area contributed by atoms with Crippen LogP contribution in [0.3, 0.4) is 0 Å². The maximum atomic E-state index is 5.00. The lowest BCUT2D eigenvalue weighted by molar-refractivity contribution is 0.984. The Kier molecular flexibility index (Phi) is 4.57. The topological polar surface area (TPSA) is 12.9 Å². The second kappa shape index (κ2) is 6.78. The van der Waals surface area contributed by atoms with Crippen molar-refractivity contribution in [3.63, 3.8) is 0 Å². The molecule has 3 aromatic rings. The molecule has 0 aliphatic rings. The Labute approximate surface area is 139 Å². The van der Waals surface area contributed by atoms with Crippen molar-refractivity contribution >= 4 is 0 Å². The molecule has 0 N–H and O–H groups in total. The second-order valence-corrected chi connectivity index (χ2v) is 5.82. The Morgan fingerprint density at radius 1 is 0.696 bits per heavy atom. The van der Waals surface area contributed by atoms with Gasteiger partial charge in [0.1, 0.15) is 0 Å². The molecule has 0 bridgehead atoms. The molecule has 0 saturated carbocycles. The minimum Gasteiger partial charge on any atom is -0.252 e. The quantitative estimate of drug-likeness (QED) is 0.589. The minimum absolute atomic E-state index is 1.02. The summed E-state index contributed by atoms with van der Waals surface area (Å²) in [5.74, 6) is 0. The highest BCUT2D eigenvalue weighted by Gasteiger charge is 2.18. The monoisotopic (exact) mass is 301 g/mol. The van der Waals surface area contributed by atoms with E-state index in [4.69, 9.17) is 4.98 Å². The number of nitrogens with zero attached hydrogens (tertiary/aromatic N) is 1. The fraction of sp³-hybridized carbons (Fsp3) is 0.227. The number of aromatic nitrogens is 1. The van der Waals surface area contributed by atoms with Crippen LogP contribution in [-0.2, 0) is 12.8 Å². The van der Waals surface area contributed by atoms with E-state index >= 15 is 0 Å². The molecule has 3 rings (SSSR count). The van der Waals surface area contributed by atoms with Gasteiger partial charge in [-0.1, -0.05) is 74.5 Å². The third-order valence-electron chi connectivity index (χ3n) is 4.44. The SMILES string of the molecule is CCc1c(C)nc(-c2ccccc2)c(-c2ccccc2)c1CC. The van der Waals surface area contributed by atoms with Gasteiger partial charge in [0, 0.05) is 16.8 Å². The van der Waals surface area contributed by atoms with Gasteiger partial charge in [-0.15, -0.1) is 0 Å². The van der Waals surface area contributed by atoms with Gasteiger partial charge >= 0.3 is 0 Å². The zero-order valence-corrected chi connectivity index (χ0v) is 14.1. The number of pyridine rings is 1. The number of benzene rings is 2. The lowest BCUT2D eigenvalue weighted by Gasteiger charge is -2.19. The van der Waals surface area contributed by atoms with Crippen LogP contribution < -0.4 is 0 Å². The summed E-state index contributed by atoms with van der Waals surface area (Å²) < 4.78 is 0. The lowest BCUT2D eigenvalue weighted by Crippen LogP contribution is -2.04. The van der Waals surface area contributed by atoms with Crippen LogP contribution in [0.5, 0.6) is 0 Å². The Morgan fingerprint density at radius 2 is 1.22 bits per heavy atom. The van der Waals surface area contributed by atoms with Crippen molar-refractivity contribution in [2.24, 2.45) is 0 Å². The van der Waals surface area contributed by atoms with Crippen LogP contribution in [0.4, 0.5) is 0 Å². The first kappa shape index (κ1) is 15.5. The number of hydrogen-bond donors (Lipinski definition) is 0. The highest BCUT2D eigenvalue weighted by molar-refractivity contribution is 5.84. The number of rotatable bonds is 4. The molecule has 2 aromatic carbocycles. The highest BCUT2D eigenvalue weighted by atomic mass is 14.7. The van der Waals surface area contributed by atoms with Crippen LogP contribution in [0.25, 0.3) is 22.4 Å². The predicted molar refractivity (Wildman–Crippen MR) is 98.6 cm³/mol. The van der Waals surface area contributed by atoms with Crippen molar-refractivity contribution in [1.29, 1.82) is 0 Å². The van der Waals surface area contributed by atoms with E-state index < -0.39 is 0 Å². The summed E-state index contributed by atoms with van der Waals surface area (Å²) in [6.45, 7) is 6.61. The Hall–Kier alpha value is -2.41. The first-order chi connectivity index (χ1) is 11.3. The van der Waals surface area contributed by atoms with E-state index in [-0.39, 0.29) is 0 Å². The standard InChI is InChI=1S/C22H23N/c1-4-19-16(3)23-22(18-14-10-7-11-15-18)21(20(19)5-2)17-12-8-6-9-13-17/h6-15H,4-5H2,1-3H3. The molecular formula is C22H23N. The molecule has 116 valence electrons. The molecule has 1 heterocycles.